The molecule has 0 radical (unpaired) electrons. The first-order chi connectivity index (χ1) is 8.65. The standard InChI is InChI=1S/C9H18N5O4.Na/c10-9-12-7-6(8(17)13-9)11-3-14(7)4-18-5(1-15)2-16;/h5-7,9,11-12,15H,1-4,10H2,(H,13,17);/q-1;+1. The zero-order valence-corrected chi connectivity index (χ0v) is 12.8. The van der Waals surface area contributed by atoms with Crippen LogP contribution in [0.5, 0.6) is 0 Å². The molecule has 10 heteroatoms. The summed E-state index contributed by atoms with van der Waals surface area (Å²) in [6, 6.07) is -0.395. The van der Waals surface area contributed by atoms with Crippen LogP contribution >= 0.6 is 0 Å². The number of nitrogens with two attached hydrogens (primary N) is 1. The second-order valence-corrected chi connectivity index (χ2v) is 4.29. The van der Waals surface area contributed by atoms with E-state index in [1.807, 2.05) is 4.90 Å². The molecule has 4 atom stereocenters. The fourth-order valence-corrected chi connectivity index (χ4v) is 2.02. The first kappa shape index (κ1) is 17.2. The van der Waals surface area contributed by atoms with E-state index in [9.17, 15) is 9.90 Å². The van der Waals surface area contributed by atoms with Gasteiger partial charge in [-0.05, 0) is 0 Å². The normalized spacial score (nSPS) is 32.4. The summed E-state index contributed by atoms with van der Waals surface area (Å²) in [4.78, 5) is 13.4. The minimum atomic E-state index is -0.727. The number of carbonyl (C=O) groups is 1. The Kier molecular flexibility index (Phi) is 7.11. The van der Waals surface area contributed by atoms with E-state index < -0.39 is 25.0 Å². The monoisotopic (exact) mass is 283 g/mol. The predicted octanol–water partition coefficient (Wildman–Crippen LogP) is -7.80. The van der Waals surface area contributed by atoms with Crippen LogP contribution < -0.4 is 56.3 Å². The van der Waals surface area contributed by atoms with E-state index >= 15 is 0 Å². The van der Waals surface area contributed by atoms with Crippen molar-refractivity contribution in [3.63, 3.8) is 0 Å². The summed E-state index contributed by atoms with van der Waals surface area (Å²) < 4.78 is 5.25. The van der Waals surface area contributed by atoms with E-state index in [4.69, 9.17) is 15.6 Å². The maximum Gasteiger partial charge on any atom is 1.00 e. The quantitative estimate of drug-likeness (QED) is 0.314. The number of aliphatic hydroxyl groups is 1. The molecule has 0 aliphatic carbocycles. The van der Waals surface area contributed by atoms with E-state index in [-0.39, 0.29) is 55.0 Å². The molecule has 0 spiro atoms. The van der Waals surface area contributed by atoms with Crippen molar-refractivity contribution in [3.05, 3.63) is 0 Å². The Balaban J connectivity index is 0.00000180. The Morgan fingerprint density at radius 1 is 1.63 bits per heavy atom. The third kappa shape index (κ3) is 4.08. The van der Waals surface area contributed by atoms with Crippen molar-refractivity contribution in [1.82, 2.24) is 20.9 Å². The molecule has 2 rings (SSSR count). The third-order valence-electron chi connectivity index (χ3n) is 3.02. The van der Waals surface area contributed by atoms with E-state index in [1.165, 1.54) is 0 Å². The maximum atomic E-state index is 11.6. The Morgan fingerprint density at radius 2 is 2.37 bits per heavy atom. The number of hydrogen-bond donors (Lipinski definition) is 5. The van der Waals surface area contributed by atoms with Gasteiger partial charge < -0.3 is 20.3 Å². The molecule has 0 aromatic carbocycles. The van der Waals surface area contributed by atoms with Gasteiger partial charge in [0.2, 0.25) is 5.91 Å². The molecule has 6 N–H and O–H groups in total. The molecule has 2 fully saturated rings. The Hall–Kier alpha value is 0.190. The van der Waals surface area contributed by atoms with Crippen LogP contribution in [0.15, 0.2) is 0 Å². The van der Waals surface area contributed by atoms with Crippen LogP contribution in [-0.2, 0) is 9.53 Å². The summed E-state index contributed by atoms with van der Waals surface area (Å²) in [6.07, 6.45) is -1.61. The molecule has 4 unspecified atom stereocenters. The zero-order valence-electron chi connectivity index (χ0n) is 10.8. The molecule has 2 aliphatic heterocycles. The van der Waals surface area contributed by atoms with Gasteiger partial charge in [-0.2, -0.15) is 0 Å². The van der Waals surface area contributed by atoms with Gasteiger partial charge in [-0.15, -0.1) is 6.61 Å². The Bertz CT molecular complexity index is 306. The molecule has 2 heterocycles. The number of amides is 1. The molecule has 0 saturated carbocycles. The van der Waals surface area contributed by atoms with Crippen molar-refractivity contribution in [2.24, 2.45) is 5.73 Å². The Labute approximate surface area is 133 Å². The molecule has 19 heavy (non-hydrogen) atoms. The molecular formula is C9H18N5NaO4. The summed E-state index contributed by atoms with van der Waals surface area (Å²) in [5.41, 5.74) is 5.62. The summed E-state index contributed by atoms with van der Waals surface area (Å²) in [7, 11) is 0. The molecule has 0 aromatic rings. The van der Waals surface area contributed by atoms with Crippen molar-refractivity contribution in [2.45, 2.75) is 24.6 Å². The number of nitrogens with zero attached hydrogens (tertiary/aromatic N) is 1. The number of aliphatic hydroxyl groups excluding tert-OH is 1. The first-order valence-electron chi connectivity index (χ1n) is 5.75. The van der Waals surface area contributed by atoms with Crippen LogP contribution in [-0.4, -0.2) is 67.1 Å². The SMILES string of the molecule is NC1NC(=O)C2NCN(COC(C[O-])CO)C2N1.[Na+]. The second kappa shape index (κ2) is 7.84. The van der Waals surface area contributed by atoms with E-state index in [0.29, 0.717) is 6.67 Å². The molecule has 2 aliphatic rings. The second-order valence-electron chi connectivity index (χ2n) is 4.29. The molecule has 0 aromatic heterocycles. The molecular weight excluding hydrogens is 265 g/mol. The van der Waals surface area contributed by atoms with Gasteiger partial charge in [-0.25, -0.2) is 0 Å². The smallest absolute Gasteiger partial charge is 0.853 e. The van der Waals surface area contributed by atoms with Crippen molar-refractivity contribution in [3.8, 4) is 0 Å². The molecule has 2 saturated heterocycles. The number of carbonyl (C=O) groups excluding carboxylic acids is 1. The van der Waals surface area contributed by atoms with Crippen molar-refractivity contribution in [2.75, 3.05) is 26.6 Å². The minimum Gasteiger partial charge on any atom is -0.853 e. The number of fused-ring (bicyclic) bond motifs is 1. The van der Waals surface area contributed by atoms with Gasteiger partial charge in [-0.3, -0.25) is 26.1 Å². The van der Waals surface area contributed by atoms with E-state index in [1.54, 1.807) is 0 Å². The van der Waals surface area contributed by atoms with Crippen LogP contribution in [0.2, 0.25) is 0 Å². The van der Waals surface area contributed by atoms with Gasteiger partial charge in [-0.1, -0.05) is 0 Å². The summed E-state index contributed by atoms with van der Waals surface area (Å²) >= 11 is 0. The summed E-state index contributed by atoms with van der Waals surface area (Å²) in [6.45, 7) is -0.223. The van der Waals surface area contributed by atoms with Crippen LogP contribution in [0.4, 0.5) is 0 Å². The summed E-state index contributed by atoms with van der Waals surface area (Å²) in [5.74, 6) is -0.170. The number of nitrogens with one attached hydrogen (secondary N) is 3. The van der Waals surface area contributed by atoms with Gasteiger partial charge in [0.25, 0.3) is 0 Å². The molecule has 0 bridgehead atoms. The van der Waals surface area contributed by atoms with Gasteiger partial charge in [0.1, 0.15) is 19.1 Å². The van der Waals surface area contributed by atoms with Crippen molar-refractivity contribution >= 4 is 5.91 Å². The van der Waals surface area contributed by atoms with E-state index in [0.717, 1.165) is 0 Å². The molecule has 104 valence electrons. The number of hydrogen-bond acceptors (Lipinski definition) is 8. The van der Waals surface area contributed by atoms with Crippen LogP contribution in [0, 0.1) is 0 Å². The van der Waals surface area contributed by atoms with Crippen LogP contribution in [0.1, 0.15) is 0 Å². The van der Waals surface area contributed by atoms with Gasteiger partial charge in [0.15, 0.2) is 0 Å². The zero-order chi connectivity index (χ0) is 13.1. The molecule has 1 amide bonds. The van der Waals surface area contributed by atoms with E-state index in [2.05, 4.69) is 16.0 Å². The van der Waals surface area contributed by atoms with Crippen LogP contribution in [0.3, 0.4) is 0 Å². The Morgan fingerprint density at radius 3 is 3.00 bits per heavy atom. The minimum absolute atomic E-state index is 0. The summed E-state index contributed by atoms with van der Waals surface area (Å²) in [5, 5.41) is 28.1. The maximum absolute atomic E-state index is 11.6. The fraction of sp³-hybridized carbons (Fsp3) is 0.889. The number of rotatable bonds is 5. The first-order valence-corrected chi connectivity index (χ1v) is 5.75. The van der Waals surface area contributed by atoms with Gasteiger partial charge in [0, 0.05) is 0 Å². The number of ether oxygens (including phenoxy) is 1. The molecule has 9 nitrogen and oxygen atoms in total. The van der Waals surface area contributed by atoms with Gasteiger partial charge in [0.05, 0.1) is 25.5 Å². The average Bonchev–Trinajstić information content (AvgIpc) is 2.74. The van der Waals surface area contributed by atoms with Crippen LogP contribution in [0.25, 0.3) is 0 Å². The third-order valence-corrected chi connectivity index (χ3v) is 3.02. The predicted molar refractivity (Wildman–Crippen MR) is 58.4 cm³/mol. The van der Waals surface area contributed by atoms with Crippen molar-refractivity contribution in [1.29, 1.82) is 0 Å². The average molecular weight is 283 g/mol. The van der Waals surface area contributed by atoms with Crippen molar-refractivity contribution < 1.29 is 49.3 Å². The topological polar surface area (TPSA) is 135 Å². The largest absolute Gasteiger partial charge is 1.00 e. The fourth-order valence-electron chi connectivity index (χ4n) is 2.02. The van der Waals surface area contributed by atoms with Gasteiger partial charge >= 0.3 is 29.6 Å².